The first-order valence-electron chi connectivity index (χ1n) is 5.27. The zero-order valence-corrected chi connectivity index (χ0v) is 9.77. The first-order valence-corrected chi connectivity index (χ1v) is 5.27. The minimum absolute atomic E-state index is 0.681. The number of anilines is 1. The fourth-order valence-electron chi connectivity index (χ4n) is 1.38. The van der Waals surface area contributed by atoms with Gasteiger partial charge in [-0.2, -0.15) is 5.26 Å². The summed E-state index contributed by atoms with van der Waals surface area (Å²) >= 11 is 0. The molecule has 82 valence electrons. The van der Waals surface area contributed by atoms with Crippen LogP contribution in [0.4, 0.5) is 5.69 Å². The number of benzene rings is 1. The molecule has 0 atom stereocenters. The van der Waals surface area contributed by atoms with E-state index in [1.807, 2.05) is 48.5 Å². The highest BCUT2D eigenvalue weighted by atomic mass is 15.1. The molecule has 0 aromatic heterocycles. The summed E-state index contributed by atoms with van der Waals surface area (Å²) in [6.07, 6.45) is 4.87. The molecule has 0 N–H and O–H groups in total. The SMILES string of the molecule is C=C/C(=C\N(C)c1ccc(C#N)cc1)CC. The van der Waals surface area contributed by atoms with Crippen LogP contribution >= 0.6 is 0 Å². The fraction of sp³-hybridized carbons (Fsp3) is 0.214. The van der Waals surface area contributed by atoms with Gasteiger partial charge in [-0.05, 0) is 36.3 Å². The molecule has 0 aliphatic carbocycles. The van der Waals surface area contributed by atoms with Gasteiger partial charge in [-0.3, -0.25) is 0 Å². The van der Waals surface area contributed by atoms with E-state index in [-0.39, 0.29) is 0 Å². The smallest absolute Gasteiger partial charge is 0.0991 e. The van der Waals surface area contributed by atoms with Crippen molar-refractivity contribution in [3.63, 3.8) is 0 Å². The molecule has 0 spiro atoms. The topological polar surface area (TPSA) is 27.0 Å². The van der Waals surface area contributed by atoms with Gasteiger partial charge in [-0.15, -0.1) is 0 Å². The lowest BCUT2D eigenvalue weighted by Gasteiger charge is -2.15. The van der Waals surface area contributed by atoms with Gasteiger partial charge in [-0.1, -0.05) is 19.6 Å². The summed E-state index contributed by atoms with van der Waals surface area (Å²) in [5, 5.41) is 8.70. The van der Waals surface area contributed by atoms with E-state index in [0.29, 0.717) is 5.56 Å². The Labute approximate surface area is 97.1 Å². The molecule has 0 fully saturated rings. The van der Waals surface area contributed by atoms with E-state index in [9.17, 15) is 0 Å². The van der Waals surface area contributed by atoms with E-state index in [4.69, 9.17) is 5.26 Å². The summed E-state index contributed by atoms with van der Waals surface area (Å²) in [7, 11) is 1.99. The molecule has 1 aromatic rings. The van der Waals surface area contributed by atoms with Gasteiger partial charge >= 0.3 is 0 Å². The second kappa shape index (κ2) is 5.77. The first kappa shape index (κ1) is 12.1. The number of nitriles is 1. The third-order valence-electron chi connectivity index (χ3n) is 2.43. The molecule has 16 heavy (non-hydrogen) atoms. The van der Waals surface area contributed by atoms with Gasteiger partial charge in [-0.25, -0.2) is 0 Å². The van der Waals surface area contributed by atoms with Crippen LogP contribution in [0.2, 0.25) is 0 Å². The van der Waals surface area contributed by atoms with Crippen molar-refractivity contribution in [3.8, 4) is 6.07 Å². The Morgan fingerprint density at radius 2 is 2.06 bits per heavy atom. The molecule has 2 nitrogen and oxygen atoms in total. The molecular weight excluding hydrogens is 196 g/mol. The molecule has 0 radical (unpaired) electrons. The molecule has 0 unspecified atom stereocenters. The summed E-state index contributed by atoms with van der Waals surface area (Å²) in [5.41, 5.74) is 2.93. The molecule has 0 bridgehead atoms. The van der Waals surface area contributed by atoms with Gasteiger partial charge < -0.3 is 4.90 Å². The predicted octanol–water partition coefficient (Wildman–Crippen LogP) is 3.47. The van der Waals surface area contributed by atoms with Crippen molar-refractivity contribution in [2.24, 2.45) is 0 Å². The van der Waals surface area contributed by atoms with Crippen LogP contribution in [0.25, 0.3) is 0 Å². The van der Waals surface area contributed by atoms with Crippen molar-refractivity contribution in [2.75, 3.05) is 11.9 Å². The van der Waals surface area contributed by atoms with Crippen molar-refractivity contribution >= 4 is 5.69 Å². The maximum absolute atomic E-state index is 8.70. The molecule has 1 aromatic carbocycles. The van der Waals surface area contributed by atoms with Crippen LogP contribution in [-0.2, 0) is 0 Å². The molecule has 1 rings (SSSR count). The summed E-state index contributed by atoms with van der Waals surface area (Å²) in [6, 6.07) is 9.62. The van der Waals surface area contributed by atoms with Gasteiger partial charge in [0, 0.05) is 18.9 Å². The van der Waals surface area contributed by atoms with Crippen molar-refractivity contribution in [3.05, 3.63) is 54.3 Å². The largest absolute Gasteiger partial charge is 0.351 e. The number of nitrogens with zero attached hydrogens (tertiary/aromatic N) is 2. The van der Waals surface area contributed by atoms with Crippen LogP contribution < -0.4 is 4.90 Å². The predicted molar refractivity (Wildman–Crippen MR) is 68.1 cm³/mol. The summed E-state index contributed by atoms with van der Waals surface area (Å²) < 4.78 is 0. The normalized spacial score (nSPS) is 10.7. The highest BCUT2D eigenvalue weighted by molar-refractivity contribution is 5.51. The average molecular weight is 212 g/mol. The quantitative estimate of drug-likeness (QED) is 0.714. The Morgan fingerprint density at radius 3 is 2.50 bits per heavy atom. The minimum Gasteiger partial charge on any atom is -0.351 e. The molecule has 0 aliphatic rings. The van der Waals surface area contributed by atoms with Crippen LogP contribution in [-0.4, -0.2) is 7.05 Å². The maximum Gasteiger partial charge on any atom is 0.0991 e. The van der Waals surface area contributed by atoms with Crippen LogP contribution in [0.15, 0.2) is 48.7 Å². The Bertz CT molecular complexity index is 421. The fourth-order valence-corrected chi connectivity index (χ4v) is 1.38. The lowest BCUT2D eigenvalue weighted by molar-refractivity contribution is 1.10. The Morgan fingerprint density at radius 1 is 1.44 bits per heavy atom. The van der Waals surface area contributed by atoms with Gasteiger partial charge in [0.1, 0.15) is 0 Å². The van der Waals surface area contributed by atoms with E-state index in [1.165, 1.54) is 5.57 Å². The van der Waals surface area contributed by atoms with E-state index in [0.717, 1.165) is 12.1 Å². The van der Waals surface area contributed by atoms with Crippen molar-refractivity contribution in [1.29, 1.82) is 5.26 Å². The maximum atomic E-state index is 8.70. The number of hydrogen-bond acceptors (Lipinski definition) is 2. The van der Waals surface area contributed by atoms with E-state index >= 15 is 0 Å². The van der Waals surface area contributed by atoms with Crippen molar-refractivity contribution in [1.82, 2.24) is 0 Å². The monoisotopic (exact) mass is 212 g/mol. The third-order valence-corrected chi connectivity index (χ3v) is 2.43. The number of allylic oxidation sites excluding steroid dienone is 2. The van der Waals surface area contributed by atoms with E-state index in [2.05, 4.69) is 19.6 Å². The zero-order chi connectivity index (χ0) is 12.0. The van der Waals surface area contributed by atoms with Gasteiger partial charge in [0.15, 0.2) is 0 Å². The third kappa shape index (κ3) is 2.99. The lowest BCUT2D eigenvalue weighted by atomic mass is 10.2. The Kier molecular flexibility index (Phi) is 4.35. The average Bonchev–Trinajstić information content (AvgIpc) is 2.35. The minimum atomic E-state index is 0.681. The zero-order valence-electron chi connectivity index (χ0n) is 9.77. The van der Waals surface area contributed by atoms with Gasteiger partial charge in [0.05, 0.1) is 11.6 Å². The van der Waals surface area contributed by atoms with Crippen LogP contribution in [0.1, 0.15) is 18.9 Å². The molecule has 0 saturated carbocycles. The molecule has 0 aliphatic heterocycles. The van der Waals surface area contributed by atoms with Crippen LogP contribution in [0.5, 0.6) is 0 Å². The first-order chi connectivity index (χ1) is 7.71. The second-order valence-electron chi connectivity index (χ2n) is 3.53. The van der Waals surface area contributed by atoms with Crippen LogP contribution in [0.3, 0.4) is 0 Å². The lowest BCUT2D eigenvalue weighted by Crippen LogP contribution is -2.08. The highest BCUT2D eigenvalue weighted by Gasteiger charge is 1.98. The Balaban J connectivity index is 2.88. The standard InChI is InChI=1S/C14H16N2/c1-4-12(5-2)11-16(3)14-8-6-13(10-15)7-9-14/h4,6-9,11H,1,5H2,2-3H3/b12-11+. The summed E-state index contributed by atoms with van der Waals surface area (Å²) in [4.78, 5) is 2.03. The highest BCUT2D eigenvalue weighted by Crippen LogP contribution is 2.15. The van der Waals surface area contributed by atoms with Crippen LogP contribution in [0, 0.1) is 11.3 Å². The number of hydrogen-bond donors (Lipinski definition) is 0. The molecule has 0 saturated heterocycles. The summed E-state index contributed by atoms with van der Waals surface area (Å²) in [6.45, 7) is 5.87. The van der Waals surface area contributed by atoms with E-state index < -0.39 is 0 Å². The Hall–Kier alpha value is -2.01. The van der Waals surface area contributed by atoms with Crippen molar-refractivity contribution < 1.29 is 0 Å². The van der Waals surface area contributed by atoms with E-state index in [1.54, 1.807) is 0 Å². The van der Waals surface area contributed by atoms with Gasteiger partial charge in [0.25, 0.3) is 0 Å². The van der Waals surface area contributed by atoms with Crippen molar-refractivity contribution in [2.45, 2.75) is 13.3 Å². The second-order valence-corrected chi connectivity index (χ2v) is 3.53. The number of rotatable bonds is 4. The molecule has 0 heterocycles. The molecule has 2 heteroatoms. The van der Waals surface area contributed by atoms with Gasteiger partial charge in [0.2, 0.25) is 0 Å². The summed E-state index contributed by atoms with van der Waals surface area (Å²) in [5.74, 6) is 0. The molecular formula is C14H16N2. The molecule has 0 amide bonds.